The monoisotopic (exact) mass is 315 g/mol. The number of carbonyl (C=O) groups excluding carboxylic acids is 1. The molecule has 7 heteroatoms. The van der Waals surface area contributed by atoms with E-state index in [1.54, 1.807) is 13.0 Å². The predicted octanol–water partition coefficient (Wildman–Crippen LogP) is 2.67. The molecule has 0 radical (unpaired) electrons. The fraction of sp³-hybridized carbons (Fsp3) is 0.312. The number of urea groups is 1. The summed E-state index contributed by atoms with van der Waals surface area (Å²) in [7, 11) is 0. The molecule has 23 heavy (non-hydrogen) atoms. The molecule has 0 aliphatic carbocycles. The fourth-order valence-electron chi connectivity index (χ4n) is 2.57. The maximum Gasteiger partial charge on any atom is 0.323 e. The Morgan fingerprint density at radius 3 is 2.74 bits per heavy atom. The van der Waals surface area contributed by atoms with Crippen LogP contribution in [0, 0.1) is 5.41 Å². The molecule has 1 saturated heterocycles. The van der Waals surface area contributed by atoms with Crippen molar-refractivity contribution in [2.75, 3.05) is 18.4 Å². The topological polar surface area (TPSA) is 95.7 Å². The molecule has 1 aromatic heterocycles. The summed E-state index contributed by atoms with van der Waals surface area (Å²) >= 11 is 0. The second-order valence-corrected chi connectivity index (χ2v) is 5.91. The van der Waals surface area contributed by atoms with E-state index in [0.29, 0.717) is 24.5 Å². The second kappa shape index (κ2) is 5.75. The van der Waals surface area contributed by atoms with E-state index in [-0.39, 0.29) is 12.6 Å². The van der Waals surface area contributed by atoms with Gasteiger partial charge >= 0.3 is 12.0 Å². The van der Waals surface area contributed by atoms with Gasteiger partial charge in [0.15, 0.2) is 11.6 Å². The molecule has 2 aromatic rings. The van der Waals surface area contributed by atoms with Crippen molar-refractivity contribution in [2.45, 2.75) is 13.3 Å². The van der Waals surface area contributed by atoms with Crippen LogP contribution >= 0.6 is 0 Å². The van der Waals surface area contributed by atoms with Crippen molar-refractivity contribution in [3.05, 3.63) is 36.4 Å². The molecule has 0 bridgehead atoms. The summed E-state index contributed by atoms with van der Waals surface area (Å²) in [5, 5.41) is 15.7. The molecule has 7 nitrogen and oxygen atoms in total. The van der Waals surface area contributed by atoms with Gasteiger partial charge in [0.2, 0.25) is 0 Å². The maximum absolute atomic E-state index is 12.2. The van der Waals surface area contributed by atoms with E-state index in [2.05, 4.69) is 10.5 Å². The second-order valence-electron chi connectivity index (χ2n) is 5.91. The average Bonchev–Trinajstić information content (AvgIpc) is 3.16. The van der Waals surface area contributed by atoms with Gasteiger partial charge in [0, 0.05) is 24.7 Å². The van der Waals surface area contributed by atoms with Crippen LogP contribution in [0.15, 0.2) is 40.9 Å². The van der Waals surface area contributed by atoms with Gasteiger partial charge in [0.05, 0.1) is 5.41 Å². The summed E-state index contributed by atoms with van der Waals surface area (Å²) in [5.41, 5.74) is -0.0313. The molecule has 2 heterocycles. The Morgan fingerprint density at radius 1 is 1.35 bits per heavy atom. The lowest BCUT2D eigenvalue weighted by molar-refractivity contribution is -0.146. The fourth-order valence-corrected chi connectivity index (χ4v) is 2.57. The van der Waals surface area contributed by atoms with E-state index < -0.39 is 11.4 Å². The number of likely N-dealkylation sites (tertiary alicyclic amines) is 1. The average molecular weight is 315 g/mol. The summed E-state index contributed by atoms with van der Waals surface area (Å²) in [6, 6.07) is 10.7. The molecule has 1 aromatic carbocycles. The third-order valence-electron chi connectivity index (χ3n) is 4.08. The van der Waals surface area contributed by atoms with E-state index in [1.165, 1.54) is 4.90 Å². The Kier molecular flexibility index (Phi) is 3.77. The van der Waals surface area contributed by atoms with Crippen LogP contribution in [0.25, 0.3) is 11.3 Å². The largest absolute Gasteiger partial charge is 0.481 e. The number of hydrogen-bond donors (Lipinski definition) is 2. The molecule has 1 aliphatic heterocycles. The number of rotatable bonds is 3. The molecule has 1 fully saturated rings. The number of hydrogen-bond acceptors (Lipinski definition) is 4. The number of carboxylic acids is 1. The summed E-state index contributed by atoms with van der Waals surface area (Å²) in [6.07, 6.45) is 0.434. The summed E-state index contributed by atoms with van der Waals surface area (Å²) < 4.78 is 5.22. The van der Waals surface area contributed by atoms with Crippen LogP contribution in [-0.2, 0) is 4.79 Å². The SMILES string of the molecule is CC1(C(=O)O)CCN(C(=O)Nc2cc(-c3ccccc3)on2)C1. The van der Waals surface area contributed by atoms with Gasteiger partial charge in [-0.05, 0) is 13.3 Å². The zero-order valence-corrected chi connectivity index (χ0v) is 12.7. The number of aliphatic carboxylic acids is 1. The van der Waals surface area contributed by atoms with Gasteiger partial charge in [-0.15, -0.1) is 0 Å². The third kappa shape index (κ3) is 3.03. The zero-order valence-electron chi connectivity index (χ0n) is 12.7. The molecule has 120 valence electrons. The van der Waals surface area contributed by atoms with Gasteiger partial charge in [-0.3, -0.25) is 10.1 Å². The quantitative estimate of drug-likeness (QED) is 0.908. The Labute approximate surface area is 132 Å². The Hall–Kier alpha value is -2.83. The smallest absolute Gasteiger partial charge is 0.323 e. The first-order valence-corrected chi connectivity index (χ1v) is 7.29. The van der Waals surface area contributed by atoms with Crippen LogP contribution in [0.3, 0.4) is 0 Å². The van der Waals surface area contributed by atoms with Crippen molar-refractivity contribution in [1.29, 1.82) is 0 Å². The van der Waals surface area contributed by atoms with Gasteiger partial charge in [0.25, 0.3) is 0 Å². The van der Waals surface area contributed by atoms with Crippen LogP contribution in [0.5, 0.6) is 0 Å². The van der Waals surface area contributed by atoms with E-state index in [0.717, 1.165) is 5.56 Å². The van der Waals surface area contributed by atoms with Crippen molar-refractivity contribution in [2.24, 2.45) is 5.41 Å². The third-order valence-corrected chi connectivity index (χ3v) is 4.08. The van der Waals surface area contributed by atoms with E-state index in [4.69, 9.17) is 4.52 Å². The highest BCUT2D eigenvalue weighted by molar-refractivity contribution is 5.90. The molecule has 2 amide bonds. The number of anilines is 1. The molecule has 1 atom stereocenters. The highest BCUT2D eigenvalue weighted by Crippen LogP contribution is 2.30. The van der Waals surface area contributed by atoms with Crippen LogP contribution in [0.1, 0.15) is 13.3 Å². The van der Waals surface area contributed by atoms with Crippen LogP contribution in [0.4, 0.5) is 10.6 Å². The van der Waals surface area contributed by atoms with Gasteiger partial charge in [-0.2, -0.15) is 0 Å². The van der Waals surface area contributed by atoms with Crippen LogP contribution < -0.4 is 5.32 Å². The minimum absolute atomic E-state index is 0.178. The van der Waals surface area contributed by atoms with Crippen molar-refractivity contribution >= 4 is 17.8 Å². The summed E-state index contributed by atoms with van der Waals surface area (Å²) in [4.78, 5) is 24.9. The molecular weight excluding hydrogens is 298 g/mol. The predicted molar refractivity (Wildman–Crippen MR) is 82.9 cm³/mol. The number of aromatic nitrogens is 1. The Morgan fingerprint density at radius 2 is 2.09 bits per heavy atom. The maximum atomic E-state index is 12.2. The lowest BCUT2D eigenvalue weighted by Gasteiger charge is -2.19. The highest BCUT2D eigenvalue weighted by atomic mass is 16.5. The van der Waals surface area contributed by atoms with Crippen molar-refractivity contribution < 1.29 is 19.2 Å². The molecule has 1 unspecified atom stereocenters. The Bertz CT molecular complexity index is 728. The lowest BCUT2D eigenvalue weighted by atomic mass is 9.90. The number of carboxylic acid groups (broad SMARTS) is 1. The standard InChI is InChI=1S/C16H17N3O4/c1-16(14(20)21)7-8-19(10-16)15(22)17-13-9-12(23-18-13)11-5-3-2-4-6-11/h2-6,9H,7-8,10H2,1H3,(H,20,21)(H,17,18,22). The zero-order chi connectivity index (χ0) is 16.4. The molecule has 0 spiro atoms. The summed E-state index contributed by atoms with van der Waals surface area (Å²) in [6.45, 7) is 2.22. The molecule has 0 saturated carbocycles. The van der Waals surface area contributed by atoms with E-state index >= 15 is 0 Å². The first kappa shape index (κ1) is 15.1. The molecular formula is C16H17N3O4. The van der Waals surface area contributed by atoms with E-state index in [1.807, 2.05) is 30.3 Å². The first-order chi connectivity index (χ1) is 11.0. The summed E-state index contributed by atoms with van der Waals surface area (Å²) in [5.74, 6) is -0.0314. The van der Waals surface area contributed by atoms with E-state index in [9.17, 15) is 14.7 Å². The minimum Gasteiger partial charge on any atom is -0.481 e. The molecule has 3 rings (SSSR count). The Balaban J connectivity index is 1.66. The van der Waals surface area contributed by atoms with Crippen LogP contribution in [0.2, 0.25) is 0 Å². The van der Waals surface area contributed by atoms with Gasteiger partial charge < -0.3 is 14.5 Å². The highest BCUT2D eigenvalue weighted by Gasteiger charge is 2.42. The van der Waals surface area contributed by atoms with Crippen LogP contribution in [-0.4, -0.2) is 40.3 Å². The van der Waals surface area contributed by atoms with Crippen molar-refractivity contribution in [1.82, 2.24) is 10.1 Å². The van der Waals surface area contributed by atoms with Gasteiger partial charge in [-0.1, -0.05) is 35.5 Å². The molecule has 2 N–H and O–H groups in total. The number of nitrogens with one attached hydrogen (secondary N) is 1. The van der Waals surface area contributed by atoms with Gasteiger partial charge in [-0.25, -0.2) is 4.79 Å². The van der Waals surface area contributed by atoms with Crippen molar-refractivity contribution in [3.63, 3.8) is 0 Å². The van der Waals surface area contributed by atoms with Gasteiger partial charge in [0.1, 0.15) is 0 Å². The number of carbonyl (C=O) groups is 2. The normalized spacial score (nSPS) is 20.5. The van der Waals surface area contributed by atoms with Crippen molar-refractivity contribution in [3.8, 4) is 11.3 Å². The molecule has 1 aliphatic rings. The first-order valence-electron chi connectivity index (χ1n) is 7.29. The number of benzene rings is 1. The minimum atomic E-state index is -0.892. The number of amides is 2. The number of nitrogens with zero attached hydrogens (tertiary/aromatic N) is 2. The lowest BCUT2D eigenvalue weighted by Crippen LogP contribution is -2.37.